The number of aliphatic hydroxyl groups excluding tert-OH is 1. The maximum Gasteiger partial charge on any atom is 0.306 e. The van der Waals surface area contributed by atoms with E-state index in [1.54, 1.807) is 36.4 Å². The number of halogens is 2. The maximum absolute atomic E-state index is 15.1. The van der Waals surface area contributed by atoms with Gasteiger partial charge in [0.2, 0.25) is 11.8 Å². The molecule has 3 fully saturated rings. The molecule has 1 spiro atoms. The summed E-state index contributed by atoms with van der Waals surface area (Å²) in [5.74, 6) is -3.88. The van der Waals surface area contributed by atoms with Gasteiger partial charge in [-0.1, -0.05) is 112 Å². The molecule has 3 aromatic rings. The van der Waals surface area contributed by atoms with Gasteiger partial charge in [0.25, 0.3) is 5.91 Å². The van der Waals surface area contributed by atoms with E-state index in [4.69, 9.17) is 21.1 Å². The Morgan fingerprint density at radius 1 is 1.06 bits per heavy atom. The minimum absolute atomic E-state index is 0.0830. The third-order valence-corrected chi connectivity index (χ3v) is 11.5. The minimum Gasteiger partial charge on any atom is -0.463 e. The molecular weight excluding hydrogens is 762 g/mol. The molecule has 3 aliphatic heterocycles. The second-order valence-corrected chi connectivity index (χ2v) is 15.2. The van der Waals surface area contributed by atoms with E-state index in [1.165, 1.54) is 9.80 Å². The monoisotopic (exact) mass is 803 g/mol. The van der Waals surface area contributed by atoms with E-state index in [9.17, 15) is 19.5 Å². The highest BCUT2D eigenvalue weighted by molar-refractivity contribution is 9.09. The fourth-order valence-corrected chi connectivity index (χ4v) is 9.25. The number of alkyl halides is 1. The fourth-order valence-electron chi connectivity index (χ4n) is 8.07. The van der Waals surface area contributed by atoms with Crippen molar-refractivity contribution >= 4 is 56.9 Å². The first-order valence-electron chi connectivity index (χ1n) is 17.7. The smallest absolute Gasteiger partial charge is 0.306 e. The molecule has 6 rings (SSSR count). The van der Waals surface area contributed by atoms with E-state index in [0.717, 1.165) is 5.56 Å². The Morgan fingerprint density at radius 2 is 1.74 bits per heavy atom. The second-order valence-electron chi connectivity index (χ2n) is 13.6. The number of anilines is 1. The number of carbonyl (C=O) groups is 4. The highest BCUT2D eigenvalue weighted by Crippen LogP contribution is 2.61. The van der Waals surface area contributed by atoms with Crippen molar-refractivity contribution in [2.24, 2.45) is 11.8 Å². The van der Waals surface area contributed by atoms with Crippen molar-refractivity contribution in [3.05, 3.63) is 126 Å². The van der Waals surface area contributed by atoms with Gasteiger partial charge in [0.1, 0.15) is 18.2 Å². The lowest BCUT2D eigenvalue weighted by Crippen LogP contribution is -2.59. The first kappa shape index (κ1) is 38.4. The Morgan fingerprint density at radius 3 is 2.40 bits per heavy atom. The molecule has 2 N–H and O–H groups in total. The lowest BCUT2D eigenvalue weighted by molar-refractivity contribution is -0.146. The topological polar surface area (TPSA) is 125 Å². The lowest BCUT2D eigenvalue weighted by atomic mass is 9.70. The Balaban J connectivity index is 1.39. The standard InChI is InChI=1S/C41H43BrClN3O7/c1-3-5-20-33(48)52-25-31(27-16-10-7-11-17-27)44-38(49)34-35-39(50)46(28(24-47)22-26-14-8-6-9-15-26)37(41(35)23-29(42)36(34)53-41)40(51)45(21-4-2)32-19-13-12-18-30(32)43/h3-4,6-19,28-29,31,34-37,47H,1-2,5,20-25H2,(H,44,49)/t28-,29?,31-,34-,35+,36-,37-,41+/m1/s1. The van der Waals surface area contributed by atoms with Gasteiger partial charge >= 0.3 is 5.97 Å². The number of allylic oxidation sites excluding steroid dienone is 1. The van der Waals surface area contributed by atoms with Crippen molar-refractivity contribution in [3.63, 3.8) is 0 Å². The van der Waals surface area contributed by atoms with Gasteiger partial charge in [-0.2, -0.15) is 0 Å². The number of carbonyl (C=O) groups excluding carboxylic acids is 4. The van der Waals surface area contributed by atoms with Crippen molar-refractivity contribution < 1.29 is 33.8 Å². The summed E-state index contributed by atoms with van der Waals surface area (Å²) in [6.07, 6.45) is 3.59. The van der Waals surface area contributed by atoms with Crippen molar-refractivity contribution in [3.8, 4) is 0 Å². The van der Waals surface area contributed by atoms with Crippen LogP contribution in [0.2, 0.25) is 5.02 Å². The molecule has 12 heteroatoms. The van der Waals surface area contributed by atoms with Gasteiger partial charge in [0.15, 0.2) is 0 Å². The van der Waals surface area contributed by atoms with Crippen molar-refractivity contribution in [2.75, 3.05) is 24.7 Å². The number of para-hydroxylation sites is 1. The maximum atomic E-state index is 15.1. The molecule has 0 saturated carbocycles. The van der Waals surface area contributed by atoms with Crippen LogP contribution >= 0.6 is 27.5 Å². The molecule has 1 unspecified atom stereocenters. The summed E-state index contributed by atoms with van der Waals surface area (Å²) in [5.41, 5.74) is 0.585. The number of hydrogen-bond acceptors (Lipinski definition) is 7. The number of nitrogens with zero attached hydrogens (tertiary/aromatic N) is 2. The molecule has 278 valence electrons. The summed E-state index contributed by atoms with van der Waals surface area (Å²) in [6.45, 7) is 7.04. The first-order valence-corrected chi connectivity index (χ1v) is 19.0. The average Bonchev–Trinajstić information content (AvgIpc) is 3.77. The quantitative estimate of drug-likeness (QED) is 0.110. The summed E-state index contributed by atoms with van der Waals surface area (Å²) in [7, 11) is 0. The third kappa shape index (κ3) is 7.58. The van der Waals surface area contributed by atoms with E-state index >= 15 is 4.79 Å². The van der Waals surface area contributed by atoms with E-state index in [2.05, 4.69) is 34.4 Å². The number of rotatable bonds is 16. The van der Waals surface area contributed by atoms with Gasteiger partial charge in [-0.3, -0.25) is 19.2 Å². The molecule has 0 aliphatic carbocycles. The summed E-state index contributed by atoms with van der Waals surface area (Å²) in [6, 6.07) is 22.7. The van der Waals surface area contributed by atoms with Crippen LogP contribution in [0.1, 0.15) is 36.4 Å². The van der Waals surface area contributed by atoms with Gasteiger partial charge in [0, 0.05) is 17.8 Å². The van der Waals surface area contributed by atoms with Gasteiger partial charge in [-0.15, -0.1) is 13.2 Å². The number of esters is 1. The molecule has 8 atom stereocenters. The van der Waals surface area contributed by atoms with Crippen LogP contribution in [0.25, 0.3) is 0 Å². The van der Waals surface area contributed by atoms with Crippen LogP contribution in [0.5, 0.6) is 0 Å². The Labute approximate surface area is 322 Å². The van der Waals surface area contributed by atoms with Gasteiger partial charge in [-0.25, -0.2) is 0 Å². The molecule has 3 saturated heterocycles. The Hall–Kier alpha value is -4.29. The summed E-state index contributed by atoms with van der Waals surface area (Å²) < 4.78 is 12.3. The van der Waals surface area contributed by atoms with Crippen LogP contribution in [0.15, 0.2) is 110 Å². The van der Waals surface area contributed by atoms with Gasteiger partial charge in [-0.05, 0) is 42.5 Å². The van der Waals surface area contributed by atoms with Crippen LogP contribution in [0, 0.1) is 11.8 Å². The predicted octanol–water partition coefficient (Wildman–Crippen LogP) is 5.58. The van der Waals surface area contributed by atoms with E-state index < -0.39 is 72.0 Å². The zero-order chi connectivity index (χ0) is 37.7. The second kappa shape index (κ2) is 16.8. The van der Waals surface area contributed by atoms with Crippen LogP contribution in [0.4, 0.5) is 5.69 Å². The molecule has 53 heavy (non-hydrogen) atoms. The summed E-state index contributed by atoms with van der Waals surface area (Å²) in [4.78, 5) is 59.7. The number of ether oxygens (including phenoxy) is 2. The minimum atomic E-state index is -1.42. The van der Waals surface area contributed by atoms with Crippen molar-refractivity contribution in [1.29, 1.82) is 0 Å². The number of fused-ring (bicyclic) bond motifs is 1. The number of aliphatic hydroxyl groups is 1. The van der Waals surface area contributed by atoms with Crippen LogP contribution in [-0.4, -0.2) is 82.1 Å². The van der Waals surface area contributed by atoms with Gasteiger partial charge in [0.05, 0.1) is 47.3 Å². The number of likely N-dealkylation sites (tertiary alicyclic amines) is 1. The van der Waals surface area contributed by atoms with Crippen molar-refractivity contribution in [1.82, 2.24) is 10.2 Å². The number of hydrogen-bond donors (Lipinski definition) is 2. The molecule has 2 bridgehead atoms. The number of nitrogens with one attached hydrogen (secondary N) is 1. The predicted molar refractivity (Wildman–Crippen MR) is 205 cm³/mol. The fraction of sp³-hybridized carbons (Fsp3) is 0.366. The van der Waals surface area contributed by atoms with E-state index in [1.807, 2.05) is 60.7 Å². The SMILES string of the molecule is C=CCCC(=O)OC[C@@H](NC(=O)[C@H]1[C@@H]2O[C@@]3(CC2Br)[C@@H]1C(=O)N([C@@H](CO)Cc1ccccc1)[C@@H]3C(=O)N(CC=C)c1ccccc1Cl)c1ccccc1. The molecule has 10 nitrogen and oxygen atoms in total. The normalized spacial score (nSPS) is 25.3. The molecule has 3 heterocycles. The van der Waals surface area contributed by atoms with Gasteiger partial charge < -0.3 is 29.7 Å². The molecule has 3 amide bonds. The number of amides is 3. The van der Waals surface area contributed by atoms with E-state index in [0.29, 0.717) is 22.7 Å². The van der Waals surface area contributed by atoms with Crippen molar-refractivity contribution in [2.45, 2.75) is 60.3 Å². The van der Waals surface area contributed by atoms with Crippen LogP contribution < -0.4 is 10.2 Å². The largest absolute Gasteiger partial charge is 0.463 e. The molecule has 3 aromatic carbocycles. The molecule has 0 aromatic heterocycles. The highest BCUT2D eigenvalue weighted by atomic mass is 79.9. The molecule has 0 radical (unpaired) electrons. The molecule has 3 aliphatic rings. The zero-order valence-electron chi connectivity index (χ0n) is 29.2. The average molecular weight is 805 g/mol. The third-order valence-electron chi connectivity index (χ3n) is 10.4. The summed E-state index contributed by atoms with van der Waals surface area (Å²) >= 11 is 10.4. The lowest BCUT2D eigenvalue weighted by Gasteiger charge is -2.39. The van der Waals surface area contributed by atoms with Crippen LogP contribution in [0.3, 0.4) is 0 Å². The van der Waals surface area contributed by atoms with E-state index in [-0.39, 0.29) is 37.2 Å². The van der Waals surface area contributed by atoms with Crippen LogP contribution in [-0.2, 0) is 35.1 Å². The highest BCUT2D eigenvalue weighted by Gasteiger charge is 2.77. The summed E-state index contributed by atoms with van der Waals surface area (Å²) in [5, 5.41) is 14.3. The first-order chi connectivity index (χ1) is 25.6. The Bertz CT molecular complexity index is 1830. The zero-order valence-corrected chi connectivity index (χ0v) is 31.5. The molecular formula is C41H43BrClN3O7. The number of benzene rings is 3. The Kier molecular flexibility index (Phi) is 12.2.